The lowest BCUT2D eigenvalue weighted by Crippen LogP contribution is -2.37. The monoisotopic (exact) mass is 745 g/mol. The van der Waals surface area contributed by atoms with E-state index in [-0.39, 0.29) is 25.8 Å². The lowest BCUT2D eigenvalue weighted by molar-refractivity contribution is -0.870. The molecule has 0 aliphatic heterocycles. The van der Waals surface area contributed by atoms with E-state index in [1.807, 2.05) is 21.1 Å². The van der Waals surface area contributed by atoms with E-state index in [0.29, 0.717) is 24.1 Å². The highest BCUT2D eigenvalue weighted by atomic mass is 31.2. The number of hydrogen-bond donors (Lipinski definition) is 1. The molecule has 0 aromatic rings. The maximum absolute atomic E-state index is 12.7. The van der Waals surface area contributed by atoms with E-state index in [9.17, 15) is 14.3 Å². The number of quaternary nitrogens is 1. The van der Waals surface area contributed by atoms with Crippen LogP contribution in [0.15, 0.2) is 24.3 Å². The molecule has 0 saturated carbocycles. The SMILES string of the molecule is CCCCC/C=C\C/C=C\CCCCCCCCCCCC(=O)OC(COCCCCCCCCCCCC)COP(=O)(O)OCC[N+](C)(C)C. The number of nitrogens with zero attached hydrogens (tertiary/aromatic N) is 1. The van der Waals surface area contributed by atoms with Crippen LogP contribution in [0.4, 0.5) is 0 Å². The van der Waals surface area contributed by atoms with Crippen molar-refractivity contribution >= 4 is 13.8 Å². The van der Waals surface area contributed by atoms with Crippen molar-refractivity contribution in [1.29, 1.82) is 0 Å². The van der Waals surface area contributed by atoms with Gasteiger partial charge >= 0.3 is 13.8 Å². The number of carbonyl (C=O) groups excluding carboxylic acids is 1. The molecular weight excluding hydrogens is 661 g/mol. The van der Waals surface area contributed by atoms with E-state index in [1.54, 1.807) is 0 Å². The summed E-state index contributed by atoms with van der Waals surface area (Å²) in [5, 5.41) is 0. The molecule has 9 heteroatoms. The highest BCUT2D eigenvalue weighted by Gasteiger charge is 2.26. The predicted molar refractivity (Wildman–Crippen MR) is 215 cm³/mol. The zero-order chi connectivity index (χ0) is 37.7. The fourth-order valence-corrected chi connectivity index (χ4v) is 6.44. The van der Waals surface area contributed by atoms with Gasteiger partial charge in [-0.15, -0.1) is 0 Å². The molecule has 0 heterocycles. The average molecular weight is 745 g/mol. The van der Waals surface area contributed by atoms with Crippen LogP contribution >= 0.6 is 7.82 Å². The lowest BCUT2D eigenvalue weighted by atomic mass is 10.1. The van der Waals surface area contributed by atoms with E-state index in [4.69, 9.17) is 18.5 Å². The highest BCUT2D eigenvalue weighted by Crippen LogP contribution is 2.43. The average Bonchev–Trinajstić information content (AvgIpc) is 3.08. The summed E-state index contributed by atoms with van der Waals surface area (Å²) in [6, 6.07) is 0. The van der Waals surface area contributed by atoms with Gasteiger partial charge in [0.05, 0.1) is 34.4 Å². The zero-order valence-electron chi connectivity index (χ0n) is 34.1. The zero-order valence-corrected chi connectivity index (χ0v) is 35.0. The Bertz CT molecular complexity index is 874. The Morgan fingerprint density at radius 1 is 0.608 bits per heavy atom. The van der Waals surface area contributed by atoms with Crippen LogP contribution in [0.2, 0.25) is 0 Å². The summed E-state index contributed by atoms with van der Waals surface area (Å²) in [6.07, 6.45) is 39.1. The summed E-state index contributed by atoms with van der Waals surface area (Å²) < 4.78 is 34.9. The van der Waals surface area contributed by atoms with Gasteiger partial charge < -0.3 is 18.9 Å². The van der Waals surface area contributed by atoms with E-state index < -0.39 is 13.9 Å². The van der Waals surface area contributed by atoms with Crippen molar-refractivity contribution in [3.05, 3.63) is 24.3 Å². The number of allylic oxidation sites excluding steroid dienone is 4. The van der Waals surface area contributed by atoms with Crippen LogP contribution in [-0.4, -0.2) is 75.6 Å². The normalized spacial score (nSPS) is 14.1. The smallest absolute Gasteiger partial charge is 0.457 e. The molecule has 2 unspecified atom stereocenters. The van der Waals surface area contributed by atoms with Gasteiger partial charge in [-0.1, -0.05) is 154 Å². The maximum Gasteiger partial charge on any atom is 0.472 e. The van der Waals surface area contributed by atoms with Gasteiger partial charge in [0.2, 0.25) is 0 Å². The summed E-state index contributed by atoms with van der Waals surface area (Å²) >= 11 is 0. The minimum absolute atomic E-state index is 0.0894. The van der Waals surface area contributed by atoms with Gasteiger partial charge in [-0.3, -0.25) is 13.8 Å². The van der Waals surface area contributed by atoms with Crippen LogP contribution in [0.5, 0.6) is 0 Å². The van der Waals surface area contributed by atoms with Crippen LogP contribution in [0.25, 0.3) is 0 Å². The lowest BCUT2D eigenvalue weighted by Gasteiger charge is -2.24. The molecule has 8 nitrogen and oxygen atoms in total. The van der Waals surface area contributed by atoms with Gasteiger partial charge in [-0.2, -0.15) is 0 Å². The van der Waals surface area contributed by atoms with E-state index in [2.05, 4.69) is 38.2 Å². The second-order valence-electron chi connectivity index (χ2n) is 15.4. The Hall–Kier alpha value is -1.02. The third-order valence-electron chi connectivity index (χ3n) is 9.02. The Balaban J connectivity index is 4.19. The summed E-state index contributed by atoms with van der Waals surface area (Å²) in [7, 11) is 1.67. The number of likely N-dealkylation sites (N-methyl/N-ethyl adjacent to an activating group) is 1. The Labute approximate surface area is 315 Å². The first-order valence-corrected chi connectivity index (χ1v) is 22.6. The van der Waals surface area contributed by atoms with Crippen molar-refractivity contribution < 1.29 is 37.3 Å². The van der Waals surface area contributed by atoms with Crippen LogP contribution in [0, 0.1) is 0 Å². The topological polar surface area (TPSA) is 91.3 Å². The summed E-state index contributed by atoms with van der Waals surface area (Å²) in [4.78, 5) is 22.8. The molecule has 0 aliphatic rings. The standard InChI is InChI=1S/C42H82NO7P/c1-6-8-10-12-14-16-18-19-20-21-22-23-24-25-26-27-29-31-33-35-42(44)50-41(40-49-51(45,46)48-38-36-43(3,4)5)39-47-37-34-32-30-28-17-15-13-11-9-7-2/h14,16,19-20,41H,6-13,15,17-18,21-40H2,1-5H3/p+1/b16-14-,20-19-. The molecule has 0 aromatic heterocycles. The molecule has 0 amide bonds. The van der Waals surface area contributed by atoms with Crippen molar-refractivity contribution in [3.8, 4) is 0 Å². The number of ether oxygens (including phenoxy) is 2. The molecule has 302 valence electrons. The molecule has 0 fully saturated rings. The van der Waals surface area contributed by atoms with Crippen molar-refractivity contribution in [3.63, 3.8) is 0 Å². The van der Waals surface area contributed by atoms with Gasteiger partial charge in [0.1, 0.15) is 19.3 Å². The third kappa shape index (κ3) is 40.0. The molecule has 0 rings (SSSR count). The number of phosphoric ester groups is 1. The van der Waals surface area contributed by atoms with Gasteiger partial charge in [0.25, 0.3) is 0 Å². The molecule has 0 saturated heterocycles. The van der Waals surface area contributed by atoms with Crippen molar-refractivity contribution in [2.75, 3.05) is 54.1 Å². The van der Waals surface area contributed by atoms with E-state index in [0.717, 1.165) is 38.5 Å². The molecule has 0 radical (unpaired) electrons. The molecule has 0 aromatic carbocycles. The Kier molecular flexibility index (Phi) is 35.3. The molecule has 51 heavy (non-hydrogen) atoms. The van der Waals surface area contributed by atoms with Crippen LogP contribution in [0.3, 0.4) is 0 Å². The van der Waals surface area contributed by atoms with Crippen molar-refractivity contribution in [1.82, 2.24) is 0 Å². The van der Waals surface area contributed by atoms with Crippen LogP contribution in [-0.2, 0) is 27.9 Å². The number of esters is 1. The largest absolute Gasteiger partial charge is 0.472 e. The first kappa shape index (κ1) is 50.0. The fraction of sp³-hybridized carbons (Fsp3) is 0.881. The molecule has 0 aliphatic carbocycles. The maximum atomic E-state index is 12.7. The van der Waals surface area contributed by atoms with Gasteiger partial charge in [0.15, 0.2) is 0 Å². The molecule has 1 N–H and O–H groups in total. The molecule has 0 bridgehead atoms. The Morgan fingerprint density at radius 2 is 1.08 bits per heavy atom. The second-order valence-corrected chi connectivity index (χ2v) is 16.8. The first-order chi connectivity index (χ1) is 24.6. The molecular formula is C42H83NO7P+. The van der Waals surface area contributed by atoms with Gasteiger partial charge in [-0.25, -0.2) is 4.57 Å². The number of unbranched alkanes of at least 4 members (excludes halogenated alkanes) is 21. The molecule has 2 atom stereocenters. The van der Waals surface area contributed by atoms with Gasteiger partial charge in [0, 0.05) is 13.0 Å². The Morgan fingerprint density at radius 3 is 1.63 bits per heavy atom. The van der Waals surface area contributed by atoms with E-state index >= 15 is 0 Å². The summed E-state index contributed by atoms with van der Waals surface area (Å²) in [6.45, 7) is 5.60. The third-order valence-corrected chi connectivity index (χ3v) is 10.00. The predicted octanol–water partition coefficient (Wildman–Crippen LogP) is 12.0. The number of rotatable bonds is 39. The minimum Gasteiger partial charge on any atom is -0.457 e. The molecule has 0 spiro atoms. The number of carbonyl (C=O) groups is 1. The van der Waals surface area contributed by atoms with Crippen LogP contribution in [0.1, 0.15) is 181 Å². The number of phosphoric acid groups is 1. The van der Waals surface area contributed by atoms with Gasteiger partial charge in [-0.05, 0) is 44.9 Å². The summed E-state index contributed by atoms with van der Waals surface area (Å²) in [5.41, 5.74) is 0. The quantitative estimate of drug-likeness (QED) is 0.0220. The minimum atomic E-state index is -4.27. The fourth-order valence-electron chi connectivity index (χ4n) is 5.70. The summed E-state index contributed by atoms with van der Waals surface area (Å²) in [5.74, 6) is -0.318. The second kappa shape index (κ2) is 36.0. The van der Waals surface area contributed by atoms with E-state index in [1.165, 1.54) is 122 Å². The first-order valence-electron chi connectivity index (χ1n) is 21.1. The highest BCUT2D eigenvalue weighted by molar-refractivity contribution is 7.47. The van der Waals surface area contributed by atoms with Crippen LogP contribution < -0.4 is 0 Å². The van der Waals surface area contributed by atoms with Crippen molar-refractivity contribution in [2.45, 2.75) is 187 Å². The van der Waals surface area contributed by atoms with Crippen molar-refractivity contribution in [2.24, 2.45) is 0 Å². The number of hydrogen-bond acceptors (Lipinski definition) is 6.